The molecule has 0 heterocycles. The molecule has 1 aromatic carbocycles. The molecular weight excluding hydrogens is 262 g/mol. The highest BCUT2D eigenvalue weighted by molar-refractivity contribution is 5.85. The summed E-state index contributed by atoms with van der Waals surface area (Å²) in [5, 5.41) is 5.78. The molecule has 4 nitrogen and oxygen atoms in total. The summed E-state index contributed by atoms with van der Waals surface area (Å²) in [6.45, 7) is 3.05. The molecule has 0 saturated carbocycles. The van der Waals surface area contributed by atoms with Crippen LogP contribution in [0, 0.1) is 6.92 Å². The summed E-state index contributed by atoms with van der Waals surface area (Å²) in [7, 11) is 5.81. The number of halogens is 1. The largest absolute Gasteiger partial charge is 0.353 e. The van der Waals surface area contributed by atoms with Crippen LogP contribution in [-0.2, 0) is 4.79 Å². The van der Waals surface area contributed by atoms with Gasteiger partial charge in [0.2, 0.25) is 5.91 Å². The van der Waals surface area contributed by atoms with E-state index in [2.05, 4.69) is 46.7 Å². The number of rotatable bonds is 6. The van der Waals surface area contributed by atoms with Gasteiger partial charge in [-0.15, -0.1) is 12.4 Å². The Balaban J connectivity index is 0.00000324. The molecule has 0 fully saturated rings. The van der Waals surface area contributed by atoms with E-state index in [0.717, 1.165) is 0 Å². The number of likely N-dealkylation sites (N-methyl/N-ethyl adjacent to an activating group) is 2. The predicted molar refractivity (Wildman–Crippen MR) is 81.8 cm³/mol. The van der Waals surface area contributed by atoms with Crippen LogP contribution in [0.4, 0.5) is 0 Å². The van der Waals surface area contributed by atoms with E-state index in [1.54, 1.807) is 7.05 Å². The monoisotopic (exact) mass is 285 g/mol. The number of aryl methyl sites for hydroxylation is 1. The summed E-state index contributed by atoms with van der Waals surface area (Å²) in [6.07, 6.45) is 0. The summed E-state index contributed by atoms with van der Waals surface area (Å²) in [5.74, 6) is 0.0245. The highest BCUT2D eigenvalue weighted by atomic mass is 35.5. The van der Waals surface area contributed by atoms with Crippen molar-refractivity contribution in [2.24, 2.45) is 0 Å². The fourth-order valence-corrected chi connectivity index (χ4v) is 1.82. The average Bonchev–Trinajstić information content (AvgIpc) is 2.31. The van der Waals surface area contributed by atoms with Crippen LogP contribution in [0.15, 0.2) is 24.3 Å². The number of benzene rings is 1. The van der Waals surface area contributed by atoms with Gasteiger partial charge in [-0.3, -0.25) is 4.79 Å². The van der Waals surface area contributed by atoms with E-state index in [-0.39, 0.29) is 24.4 Å². The number of hydrogen-bond donors (Lipinski definition) is 2. The molecule has 108 valence electrons. The normalized spacial score (nSPS) is 11.8. The van der Waals surface area contributed by atoms with E-state index in [1.807, 2.05) is 14.1 Å². The first-order valence-electron chi connectivity index (χ1n) is 6.19. The third-order valence-electron chi connectivity index (χ3n) is 2.92. The van der Waals surface area contributed by atoms with Gasteiger partial charge in [0, 0.05) is 6.54 Å². The molecule has 19 heavy (non-hydrogen) atoms. The van der Waals surface area contributed by atoms with Crippen molar-refractivity contribution in [1.82, 2.24) is 15.5 Å². The first-order valence-corrected chi connectivity index (χ1v) is 6.19. The van der Waals surface area contributed by atoms with Gasteiger partial charge < -0.3 is 15.5 Å². The van der Waals surface area contributed by atoms with Crippen LogP contribution in [0.25, 0.3) is 0 Å². The minimum Gasteiger partial charge on any atom is -0.353 e. The molecule has 1 atom stereocenters. The Kier molecular flexibility index (Phi) is 8.39. The van der Waals surface area contributed by atoms with Gasteiger partial charge in [0.25, 0.3) is 0 Å². The minimum absolute atomic E-state index is 0. The molecule has 0 aliphatic carbocycles. The number of nitrogens with zero attached hydrogens (tertiary/aromatic N) is 1. The molecular formula is C14H24ClN3O. The Bertz CT molecular complexity index is 379. The third kappa shape index (κ3) is 6.05. The van der Waals surface area contributed by atoms with Crippen LogP contribution >= 0.6 is 12.4 Å². The zero-order valence-corrected chi connectivity index (χ0v) is 12.9. The zero-order valence-electron chi connectivity index (χ0n) is 12.1. The van der Waals surface area contributed by atoms with Gasteiger partial charge >= 0.3 is 0 Å². The first kappa shape index (κ1) is 17.9. The van der Waals surface area contributed by atoms with E-state index in [0.29, 0.717) is 13.1 Å². The summed E-state index contributed by atoms with van der Waals surface area (Å²) < 4.78 is 0. The second-order valence-corrected chi connectivity index (χ2v) is 4.72. The van der Waals surface area contributed by atoms with E-state index in [1.165, 1.54) is 11.1 Å². The van der Waals surface area contributed by atoms with Crippen molar-refractivity contribution in [3.05, 3.63) is 35.4 Å². The Morgan fingerprint density at radius 1 is 1.26 bits per heavy atom. The van der Waals surface area contributed by atoms with Gasteiger partial charge in [0.15, 0.2) is 0 Å². The fourth-order valence-electron chi connectivity index (χ4n) is 1.82. The summed E-state index contributed by atoms with van der Waals surface area (Å²) in [4.78, 5) is 13.6. The van der Waals surface area contributed by atoms with Crippen molar-refractivity contribution in [3.8, 4) is 0 Å². The molecule has 0 radical (unpaired) electrons. The Hall–Kier alpha value is -1.10. The van der Waals surface area contributed by atoms with Crippen molar-refractivity contribution < 1.29 is 4.79 Å². The maximum Gasteiger partial charge on any atom is 0.234 e. The Labute approximate surface area is 122 Å². The summed E-state index contributed by atoms with van der Waals surface area (Å²) in [5.41, 5.74) is 2.46. The maximum absolute atomic E-state index is 11.5. The van der Waals surface area contributed by atoms with Crippen molar-refractivity contribution in [2.45, 2.75) is 13.0 Å². The molecule has 1 amide bonds. The number of carbonyl (C=O) groups excluding carboxylic acids is 1. The van der Waals surface area contributed by atoms with E-state index >= 15 is 0 Å². The molecule has 1 rings (SSSR count). The lowest BCUT2D eigenvalue weighted by Crippen LogP contribution is -2.38. The van der Waals surface area contributed by atoms with E-state index < -0.39 is 0 Å². The molecule has 5 heteroatoms. The standard InChI is InChI=1S/C14H23N3O.ClH/c1-11-5-7-12(8-6-11)13(17(3)4)9-16-14(18)10-15-2;/h5-8,13,15H,9-10H2,1-4H3,(H,16,18);1H. The molecule has 2 N–H and O–H groups in total. The summed E-state index contributed by atoms with van der Waals surface area (Å²) >= 11 is 0. The van der Waals surface area contributed by atoms with Gasteiger partial charge in [-0.2, -0.15) is 0 Å². The third-order valence-corrected chi connectivity index (χ3v) is 2.92. The number of amides is 1. The number of nitrogens with one attached hydrogen (secondary N) is 2. The van der Waals surface area contributed by atoms with E-state index in [4.69, 9.17) is 0 Å². The van der Waals surface area contributed by atoms with E-state index in [9.17, 15) is 4.79 Å². The lowest BCUT2D eigenvalue weighted by atomic mass is 10.0. The Morgan fingerprint density at radius 3 is 2.32 bits per heavy atom. The average molecular weight is 286 g/mol. The van der Waals surface area contributed by atoms with Crippen molar-refractivity contribution in [3.63, 3.8) is 0 Å². The van der Waals surface area contributed by atoms with Crippen LogP contribution in [0.5, 0.6) is 0 Å². The highest BCUT2D eigenvalue weighted by Crippen LogP contribution is 2.17. The molecule has 0 aromatic heterocycles. The van der Waals surface area contributed by atoms with Gasteiger partial charge in [-0.25, -0.2) is 0 Å². The first-order chi connectivity index (χ1) is 8.54. The molecule has 1 unspecified atom stereocenters. The van der Waals surface area contributed by atoms with Crippen molar-refractivity contribution in [2.75, 3.05) is 34.2 Å². The molecule has 0 aliphatic heterocycles. The quantitative estimate of drug-likeness (QED) is 0.829. The smallest absolute Gasteiger partial charge is 0.234 e. The Morgan fingerprint density at radius 2 is 1.84 bits per heavy atom. The van der Waals surface area contributed by atoms with Crippen molar-refractivity contribution in [1.29, 1.82) is 0 Å². The molecule has 0 spiro atoms. The van der Waals surface area contributed by atoms with Crippen LogP contribution in [0.1, 0.15) is 17.2 Å². The van der Waals surface area contributed by atoms with Gasteiger partial charge in [-0.05, 0) is 33.6 Å². The second-order valence-electron chi connectivity index (χ2n) is 4.72. The lowest BCUT2D eigenvalue weighted by Gasteiger charge is -2.25. The molecule has 1 aromatic rings. The van der Waals surface area contributed by atoms with Crippen LogP contribution in [0.3, 0.4) is 0 Å². The van der Waals surface area contributed by atoms with Gasteiger partial charge in [0.05, 0.1) is 12.6 Å². The van der Waals surface area contributed by atoms with Gasteiger partial charge in [-0.1, -0.05) is 29.8 Å². The van der Waals surface area contributed by atoms with Crippen LogP contribution in [0.2, 0.25) is 0 Å². The van der Waals surface area contributed by atoms with Crippen LogP contribution < -0.4 is 10.6 Å². The topological polar surface area (TPSA) is 44.4 Å². The molecule has 0 saturated heterocycles. The zero-order chi connectivity index (χ0) is 13.5. The highest BCUT2D eigenvalue weighted by Gasteiger charge is 2.14. The fraction of sp³-hybridized carbons (Fsp3) is 0.500. The van der Waals surface area contributed by atoms with Crippen LogP contribution in [-0.4, -0.2) is 45.0 Å². The summed E-state index contributed by atoms with van der Waals surface area (Å²) in [6, 6.07) is 8.63. The molecule has 0 bridgehead atoms. The maximum atomic E-state index is 11.5. The number of hydrogen-bond acceptors (Lipinski definition) is 3. The molecule has 0 aliphatic rings. The lowest BCUT2D eigenvalue weighted by molar-refractivity contribution is -0.120. The van der Waals surface area contributed by atoms with Gasteiger partial charge in [0.1, 0.15) is 0 Å². The second kappa shape index (κ2) is 8.91. The predicted octanol–water partition coefficient (Wildman–Crippen LogP) is 1.36. The minimum atomic E-state index is 0. The van der Waals surface area contributed by atoms with Crippen molar-refractivity contribution >= 4 is 18.3 Å². The number of carbonyl (C=O) groups is 1. The SMILES string of the molecule is CNCC(=O)NCC(c1ccc(C)cc1)N(C)C.Cl.